The van der Waals surface area contributed by atoms with Crippen LogP contribution in [0, 0.1) is 0 Å². The van der Waals surface area contributed by atoms with Crippen LogP contribution >= 0.6 is 23.3 Å². The van der Waals surface area contributed by atoms with Crippen LogP contribution in [0.15, 0.2) is 30.3 Å². The zero-order chi connectivity index (χ0) is 14.2. The number of benzene rings is 2. The number of rotatable bonds is 3. The van der Waals surface area contributed by atoms with Crippen molar-refractivity contribution in [2.75, 3.05) is 5.32 Å². The minimum Gasteiger partial charge on any atom is -0.378 e. The summed E-state index contributed by atoms with van der Waals surface area (Å²) >= 11 is 7.51. The van der Waals surface area contributed by atoms with Gasteiger partial charge in [0, 0.05) is 6.54 Å². The van der Waals surface area contributed by atoms with Crippen molar-refractivity contribution in [3.8, 4) is 0 Å². The standard InChI is InChI=1S/C16H14ClN3S/c17-13-6-7-14-16(20-21-19-14)15(13)18-9-10-4-5-11-2-1-3-12(11)8-10/h4-8,18H,1-3,9H2. The van der Waals surface area contributed by atoms with E-state index in [1.54, 1.807) is 0 Å². The third kappa shape index (κ3) is 2.39. The van der Waals surface area contributed by atoms with Crippen molar-refractivity contribution in [2.24, 2.45) is 0 Å². The van der Waals surface area contributed by atoms with Crippen molar-refractivity contribution in [1.29, 1.82) is 0 Å². The minimum absolute atomic E-state index is 0.691. The van der Waals surface area contributed by atoms with Crippen molar-refractivity contribution in [1.82, 2.24) is 8.75 Å². The summed E-state index contributed by atoms with van der Waals surface area (Å²) in [6.45, 7) is 0.754. The maximum Gasteiger partial charge on any atom is 0.129 e. The number of halogens is 1. The smallest absolute Gasteiger partial charge is 0.129 e. The van der Waals surface area contributed by atoms with Crippen LogP contribution in [0.4, 0.5) is 5.69 Å². The van der Waals surface area contributed by atoms with Gasteiger partial charge in [-0.2, -0.15) is 8.75 Å². The number of anilines is 1. The fraction of sp³-hybridized carbons (Fsp3) is 0.250. The van der Waals surface area contributed by atoms with Crippen molar-refractivity contribution in [3.63, 3.8) is 0 Å². The summed E-state index contributed by atoms with van der Waals surface area (Å²) in [6, 6.07) is 10.5. The second kappa shape index (κ2) is 5.28. The first-order chi connectivity index (χ1) is 10.3. The van der Waals surface area contributed by atoms with E-state index in [4.69, 9.17) is 11.6 Å². The fourth-order valence-corrected chi connectivity index (χ4v) is 3.68. The van der Waals surface area contributed by atoms with Gasteiger partial charge in [0.2, 0.25) is 0 Å². The van der Waals surface area contributed by atoms with Gasteiger partial charge in [0.1, 0.15) is 11.0 Å². The van der Waals surface area contributed by atoms with E-state index >= 15 is 0 Å². The van der Waals surface area contributed by atoms with Gasteiger partial charge in [-0.3, -0.25) is 0 Å². The first kappa shape index (κ1) is 13.0. The first-order valence-electron chi connectivity index (χ1n) is 7.06. The van der Waals surface area contributed by atoms with Crippen LogP contribution in [0.25, 0.3) is 11.0 Å². The van der Waals surface area contributed by atoms with Crippen LogP contribution in [0.1, 0.15) is 23.1 Å². The van der Waals surface area contributed by atoms with Gasteiger partial charge in [-0.1, -0.05) is 29.8 Å². The number of nitrogens with zero attached hydrogens (tertiary/aromatic N) is 2. The molecule has 3 nitrogen and oxygen atoms in total. The van der Waals surface area contributed by atoms with Gasteiger partial charge in [-0.25, -0.2) is 0 Å². The summed E-state index contributed by atoms with van der Waals surface area (Å²) in [4.78, 5) is 0. The summed E-state index contributed by atoms with van der Waals surface area (Å²) in [7, 11) is 0. The minimum atomic E-state index is 0.691. The average Bonchev–Trinajstić information content (AvgIpc) is 3.14. The Morgan fingerprint density at radius 3 is 2.95 bits per heavy atom. The number of hydrogen-bond acceptors (Lipinski definition) is 4. The molecule has 3 aromatic rings. The van der Waals surface area contributed by atoms with Gasteiger partial charge in [0.05, 0.1) is 22.4 Å². The van der Waals surface area contributed by atoms with Crippen LogP contribution in [0.2, 0.25) is 5.02 Å². The predicted octanol–water partition coefficient (Wildman–Crippen LogP) is 4.45. The molecule has 5 heteroatoms. The quantitative estimate of drug-likeness (QED) is 0.776. The Balaban J connectivity index is 1.61. The third-order valence-electron chi connectivity index (χ3n) is 4.01. The lowest BCUT2D eigenvalue weighted by molar-refractivity contribution is 0.911. The molecule has 0 amide bonds. The number of aryl methyl sites for hydroxylation is 2. The molecule has 0 spiro atoms. The molecular formula is C16H14ClN3S. The molecule has 0 saturated carbocycles. The first-order valence-corrected chi connectivity index (χ1v) is 8.17. The van der Waals surface area contributed by atoms with E-state index < -0.39 is 0 Å². The summed E-state index contributed by atoms with van der Waals surface area (Å²) < 4.78 is 8.59. The van der Waals surface area contributed by atoms with Gasteiger partial charge < -0.3 is 5.32 Å². The molecule has 21 heavy (non-hydrogen) atoms. The molecule has 2 aromatic carbocycles. The Kier molecular flexibility index (Phi) is 3.28. The maximum atomic E-state index is 6.29. The number of aromatic nitrogens is 2. The average molecular weight is 316 g/mol. The van der Waals surface area contributed by atoms with Crippen molar-refractivity contribution >= 4 is 40.0 Å². The molecule has 1 N–H and O–H groups in total. The van der Waals surface area contributed by atoms with E-state index in [0.717, 1.165) is 23.3 Å². The zero-order valence-electron chi connectivity index (χ0n) is 11.4. The monoisotopic (exact) mass is 315 g/mol. The molecule has 1 aliphatic rings. The summed E-state index contributed by atoms with van der Waals surface area (Å²) in [6.07, 6.45) is 3.70. The predicted molar refractivity (Wildman–Crippen MR) is 88.2 cm³/mol. The van der Waals surface area contributed by atoms with Gasteiger partial charge in [-0.15, -0.1) is 0 Å². The molecule has 1 aromatic heterocycles. The summed E-state index contributed by atoms with van der Waals surface area (Å²) in [5.41, 5.74) is 6.90. The highest BCUT2D eigenvalue weighted by molar-refractivity contribution is 7.00. The van der Waals surface area contributed by atoms with Crippen LogP contribution in [-0.4, -0.2) is 8.75 Å². The molecule has 0 fully saturated rings. The molecule has 0 atom stereocenters. The SMILES string of the molecule is Clc1ccc2nsnc2c1NCc1ccc2c(c1)CCC2. The molecule has 0 bridgehead atoms. The largest absolute Gasteiger partial charge is 0.378 e. The van der Waals surface area contributed by atoms with Crippen molar-refractivity contribution < 1.29 is 0 Å². The molecule has 1 aliphatic carbocycles. The van der Waals surface area contributed by atoms with E-state index in [9.17, 15) is 0 Å². The van der Waals surface area contributed by atoms with Crippen LogP contribution < -0.4 is 5.32 Å². The van der Waals surface area contributed by atoms with Gasteiger partial charge in [-0.05, 0) is 48.1 Å². The van der Waals surface area contributed by atoms with Gasteiger partial charge in [0.15, 0.2) is 0 Å². The maximum absolute atomic E-state index is 6.29. The van der Waals surface area contributed by atoms with Crippen LogP contribution in [0.3, 0.4) is 0 Å². The van der Waals surface area contributed by atoms with Crippen molar-refractivity contribution in [2.45, 2.75) is 25.8 Å². The number of nitrogens with one attached hydrogen (secondary N) is 1. The Bertz CT molecular complexity index is 812. The van der Waals surface area contributed by atoms with Crippen molar-refractivity contribution in [3.05, 3.63) is 52.0 Å². The Morgan fingerprint density at radius 1 is 1.10 bits per heavy atom. The summed E-state index contributed by atoms with van der Waals surface area (Å²) in [5, 5.41) is 4.11. The topological polar surface area (TPSA) is 37.8 Å². The molecule has 1 heterocycles. The molecule has 0 aliphatic heterocycles. The fourth-order valence-electron chi connectivity index (χ4n) is 2.92. The summed E-state index contributed by atoms with van der Waals surface area (Å²) in [5.74, 6) is 0. The van der Waals surface area contributed by atoms with E-state index in [0.29, 0.717) is 5.02 Å². The van der Waals surface area contributed by atoms with Gasteiger partial charge >= 0.3 is 0 Å². The zero-order valence-corrected chi connectivity index (χ0v) is 13.0. The second-order valence-corrected chi connectivity index (χ2v) is 6.30. The van der Waals surface area contributed by atoms with Crippen LogP contribution in [-0.2, 0) is 19.4 Å². The lowest BCUT2D eigenvalue weighted by atomic mass is 10.1. The van der Waals surface area contributed by atoms with E-state index in [2.05, 4.69) is 32.3 Å². The van der Waals surface area contributed by atoms with E-state index in [1.807, 2.05) is 12.1 Å². The molecular weight excluding hydrogens is 302 g/mol. The highest BCUT2D eigenvalue weighted by Gasteiger charge is 2.12. The lowest BCUT2D eigenvalue weighted by Gasteiger charge is -2.10. The highest BCUT2D eigenvalue weighted by Crippen LogP contribution is 2.30. The number of hydrogen-bond donors (Lipinski definition) is 1. The molecule has 0 saturated heterocycles. The Hall–Kier alpha value is -1.65. The number of fused-ring (bicyclic) bond motifs is 2. The molecule has 106 valence electrons. The highest BCUT2D eigenvalue weighted by atomic mass is 35.5. The molecule has 0 unspecified atom stereocenters. The lowest BCUT2D eigenvalue weighted by Crippen LogP contribution is -2.01. The van der Waals surface area contributed by atoms with E-state index in [1.165, 1.54) is 47.7 Å². The molecule has 4 rings (SSSR count). The van der Waals surface area contributed by atoms with E-state index in [-0.39, 0.29) is 0 Å². The Morgan fingerprint density at radius 2 is 2.00 bits per heavy atom. The van der Waals surface area contributed by atoms with Crippen LogP contribution in [0.5, 0.6) is 0 Å². The Labute approximate surface area is 132 Å². The van der Waals surface area contributed by atoms with Gasteiger partial charge in [0.25, 0.3) is 0 Å². The normalized spacial score (nSPS) is 13.6. The third-order valence-corrected chi connectivity index (χ3v) is 4.87. The molecule has 0 radical (unpaired) electrons. The second-order valence-electron chi connectivity index (χ2n) is 5.36.